The SMILES string of the molecule is Cc1ccc(S(=O)(=O)N(N=C2CCCCCCCCCCC2)S(=O)(=O)c2ccc(C)cc2)cc1. The van der Waals surface area contributed by atoms with Crippen molar-refractivity contribution in [3.05, 3.63) is 59.7 Å². The third kappa shape index (κ3) is 6.92. The second kappa shape index (κ2) is 12.0. The topological polar surface area (TPSA) is 83.9 Å². The molecule has 6 nitrogen and oxygen atoms in total. The summed E-state index contributed by atoms with van der Waals surface area (Å²) in [5.74, 6) is 0. The minimum absolute atomic E-state index is 0.0914. The van der Waals surface area contributed by atoms with Gasteiger partial charge in [0, 0.05) is 5.71 Å². The van der Waals surface area contributed by atoms with E-state index in [2.05, 4.69) is 5.10 Å². The molecule has 0 N–H and O–H groups in total. The van der Waals surface area contributed by atoms with Crippen LogP contribution in [0.5, 0.6) is 0 Å². The monoisotopic (exact) mass is 504 g/mol. The lowest BCUT2D eigenvalue weighted by molar-refractivity contribution is 0.504. The van der Waals surface area contributed by atoms with Crippen LogP contribution in [0.3, 0.4) is 0 Å². The van der Waals surface area contributed by atoms with E-state index in [-0.39, 0.29) is 9.79 Å². The van der Waals surface area contributed by atoms with Gasteiger partial charge in [0.05, 0.1) is 9.79 Å². The van der Waals surface area contributed by atoms with Gasteiger partial charge >= 0.3 is 0 Å². The molecule has 1 aliphatic carbocycles. The first-order valence-corrected chi connectivity index (χ1v) is 15.1. The number of nitrogens with zero attached hydrogens (tertiary/aromatic N) is 2. The van der Waals surface area contributed by atoms with Crippen LogP contribution in [0.1, 0.15) is 81.8 Å². The highest BCUT2D eigenvalue weighted by Gasteiger charge is 2.36. The molecule has 1 fully saturated rings. The Kier molecular flexibility index (Phi) is 9.31. The van der Waals surface area contributed by atoms with Crippen LogP contribution >= 0.6 is 0 Å². The third-order valence-corrected chi connectivity index (χ3v) is 10.1. The molecular weight excluding hydrogens is 468 g/mol. The molecule has 8 heteroatoms. The van der Waals surface area contributed by atoms with Crippen molar-refractivity contribution in [3.8, 4) is 0 Å². The maximum absolute atomic E-state index is 13.6. The van der Waals surface area contributed by atoms with E-state index in [1.807, 2.05) is 13.8 Å². The average Bonchev–Trinajstić information content (AvgIpc) is 2.79. The van der Waals surface area contributed by atoms with Gasteiger partial charge in [0.15, 0.2) is 0 Å². The first-order chi connectivity index (χ1) is 16.2. The zero-order valence-electron chi connectivity index (χ0n) is 20.2. The average molecular weight is 505 g/mol. The number of hydrogen-bond acceptors (Lipinski definition) is 5. The summed E-state index contributed by atoms with van der Waals surface area (Å²) < 4.78 is 54.9. The standard InChI is InChI=1S/C26H36N2O4S2/c1-22-14-18-25(19-15-22)33(29,30)28(34(31,32)26-20-16-23(2)17-21-26)27-24-12-10-8-6-4-3-5-7-9-11-13-24/h14-21H,3-13H2,1-2H3. The highest BCUT2D eigenvalue weighted by molar-refractivity contribution is 8.04. The van der Waals surface area contributed by atoms with Crippen molar-refractivity contribution in [2.45, 2.75) is 94.3 Å². The lowest BCUT2D eigenvalue weighted by Crippen LogP contribution is -2.34. The molecule has 2 aromatic rings. The third-order valence-electron chi connectivity index (χ3n) is 6.20. The van der Waals surface area contributed by atoms with Crippen molar-refractivity contribution in [2.24, 2.45) is 5.10 Å². The van der Waals surface area contributed by atoms with E-state index in [1.54, 1.807) is 24.3 Å². The Balaban J connectivity index is 2.05. The second-order valence-corrected chi connectivity index (χ2v) is 12.9. The minimum Gasteiger partial charge on any atom is -0.199 e. The van der Waals surface area contributed by atoms with Gasteiger partial charge in [-0.05, 0) is 63.8 Å². The minimum atomic E-state index is -4.43. The van der Waals surface area contributed by atoms with Crippen molar-refractivity contribution < 1.29 is 16.8 Å². The zero-order chi connectivity index (χ0) is 24.6. The van der Waals surface area contributed by atoms with E-state index in [1.165, 1.54) is 43.5 Å². The van der Waals surface area contributed by atoms with Gasteiger partial charge in [-0.3, -0.25) is 0 Å². The smallest absolute Gasteiger partial charge is 0.199 e. The van der Waals surface area contributed by atoms with Crippen LogP contribution in [0.25, 0.3) is 0 Å². The molecule has 0 aromatic heterocycles. The predicted molar refractivity (Wildman–Crippen MR) is 137 cm³/mol. The number of sulfonamides is 2. The normalized spacial score (nSPS) is 16.8. The van der Waals surface area contributed by atoms with Crippen LogP contribution in [0.15, 0.2) is 63.4 Å². The Morgan fingerprint density at radius 2 is 0.882 bits per heavy atom. The van der Waals surface area contributed by atoms with Crippen LogP contribution in [-0.4, -0.2) is 26.4 Å². The Bertz CT molecular complexity index is 1080. The Labute approximate surface area is 205 Å². The second-order valence-electron chi connectivity index (χ2n) is 9.16. The zero-order valence-corrected chi connectivity index (χ0v) is 21.9. The first kappa shape index (κ1) is 26.4. The molecule has 0 bridgehead atoms. The summed E-state index contributed by atoms with van der Waals surface area (Å²) in [5, 5.41) is 4.38. The van der Waals surface area contributed by atoms with Gasteiger partial charge in [-0.1, -0.05) is 84.2 Å². The van der Waals surface area contributed by atoms with Crippen molar-refractivity contribution in [1.82, 2.24) is 3.82 Å². The van der Waals surface area contributed by atoms with Gasteiger partial charge in [-0.25, -0.2) is 0 Å². The number of aryl methyl sites for hydroxylation is 2. The summed E-state index contributed by atoms with van der Waals surface area (Å²) in [4.78, 5) is -0.183. The molecule has 0 aliphatic heterocycles. The first-order valence-electron chi connectivity index (χ1n) is 12.2. The maximum atomic E-state index is 13.6. The molecule has 3 rings (SSSR count). The number of benzene rings is 2. The fourth-order valence-corrected chi connectivity index (χ4v) is 7.39. The molecule has 2 aromatic carbocycles. The molecule has 0 amide bonds. The molecule has 34 heavy (non-hydrogen) atoms. The van der Waals surface area contributed by atoms with E-state index in [9.17, 15) is 16.8 Å². The fourth-order valence-electron chi connectivity index (χ4n) is 4.07. The summed E-state index contributed by atoms with van der Waals surface area (Å²) >= 11 is 0. The van der Waals surface area contributed by atoms with Crippen LogP contribution < -0.4 is 0 Å². The van der Waals surface area contributed by atoms with Gasteiger partial charge < -0.3 is 0 Å². The molecule has 0 radical (unpaired) electrons. The van der Waals surface area contributed by atoms with Gasteiger partial charge in [-0.15, -0.1) is 0 Å². The summed E-state index contributed by atoms with van der Waals surface area (Å²) in [6.07, 6.45) is 11.0. The van der Waals surface area contributed by atoms with Crippen molar-refractivity contribution >= 4 is 25.8 Å². The van der Waals surface area contributed by atoms with Crippen LogP contribution in [0, 0.1) is 13.8 Å². The Morgan fingerprint density at radius 3 is 1.24 bits per heavy atom. The van der Waals surface area contributed by atoms with Crippen LogP contribution in [0.4, 0.5) is 0 Å². The maximum Gasteiger partial charge on any atom is 0.293 e. The van der Waals surface area contributed by atoms with Crippen molar-refractivity contribution in [2.75, 3.05) is 0 Å². The number of hydrazone groups is 1. The molecule has 1 saturated carbocycles. The van der Waals surface area contributed by atoms with Gasteiger partial charge in [0.25, 0.3) is 20.0 Å². The molecule has 0 spiro atoms. The fraction of sp³-hybridized carbons (Fsp3) is 0.500. The molecule has 0 heterocycles. The summed E-state index contributed by atoms with van der Waals surface area (Å²) in [6.45, 7) is 3.70. The molecule has 186 valence electrons. The predicted octanol–water partition coefficient (Wildman–Crippen LogP) is 6.34. The van der Waals surface area contributed by atoms with Gasteiger partial charge in [0.1, 0.15) is 0 Å². The van der Waals surface area contributed by atoms with Crippen LogP contribution in [-0.2, 0) is 20.0 Å². The molecule has 0 saturated heterocycles. The van der Waals surface area contributed by atoms with Gasteiger partial charge in [0.2, 0.25) is 0 Å². The quantitative estimate of drug-likeness (QED) is 0.445. The summed E-state index contributed by atoms with van der Waals surface area (Å²) in [5.41, 5.74) is 2.40. The van der Waals surface area contributed by atoms with E-state index < -0.39 is 20.0 Å². The Hall–Kier alpha value is -2.19. The molecular formula is C26H36N2O4S2. The van der Waals surface area contributed by atoms with Crippen molar-refractivity contribution in [1.29, 1.82) is 0 Å². The summed E-state index contributed by atoms with van der Waals surface area (Å²) in [6, 6.07) is 12.4. The van der Waals surface area contributed by atoms with E-state index >= 15 is 0 Å². The lowest BCUT2D eigenvalue weighted by atomic mass is 10.00. The lowest BCUT2D eigenvalue weighted by Gasteiger charge is -2.21. The van der Waals surface area contributed by atoms with E-state index in [0.717, 1.165) is 49.7 Å². The van der Waals surface area contributed by atoms with E-state index in [0.29, 0.717) is 22.4 Å². The number of hydrogen-bond donors (Lipinski definition) is 0. The summed E-state index contributed by atoms with van der Waals surface area (Å²) in [7, 11) is -8.85. The van der Waals surface area contributed by atoms with Gasteiger partial charge in [-0.2, -0.15) is 21.9 Å². The largest absolute Gasteiger partial charge is 0.293 e. The highest BCUT2D eigenvalue weighted by atomic mass is 32.3. The molecule has 1 aliphatic rings. The highest BCUT2D eigenvalue weighted by Crippen LogP contribution is 2.27. The van der Waals surface area contributed by atoms with Crippen LogP contribution in [0.2, 0.25) is 0 Å². The molecule has 0 unspecified atom stereocenters. The van der Waals surface area contributed by atoms with Crippen molar-refractivity contribution in [3.63, 3.8) is 0 Å². The number of rotatable bonds is 5. The Morgan fingerprint density at radius 1 is 0.559 bits per heavy atom. The van der Waals surface area contributed by atoms with E-state index in [4.69, 9.17) is 0 Å². The molecule has 0 atom stereocenters.